The summed E-state index contributed by atoms with van der Waals surface area (Å²) in [5.74, 6) is -0.402. The van der Waals surface area contributed by atoms with Crippen LogP contribution < -0.4 is 5.32 Å². The largest absolute Gasteiger partial charge is 0.326 e. The van der Waals surface area contributed by atoms with Gasteiger partial charge in [0.25, 0.3) is 10.1 Å². The molecule has 0 saturated carbocycles. The number of aliphatic imine (C=N–C) groups is 1. The van der Waals surface area contributed by atoms with Gasteiger partial charge in [0.05, 0.1) is 17.8 Å². The molecule has 1 aromatic heterocycles. The van der Waals surface area contributed by atoms with Crippen LogP contribution in [0.3, 0.4) is 0 Å². The van der Waals surface area contributed by atoms with E-state index in [4.69, 9.17) is 16.6 Å². The number of nitrogens with zero attached hydrogens (tertiary/aromatic N) is 4. The fraction of sp³-hybridized carbons (Fsp3) is 0.154. The lowest BCUT2D eigenvalue weighted by Crippen LogP contribution is -2.17. The number of aromatic nitrogens is 3. The fourth-order valence-corrected chi connectivity index (χ4v) is 5.07. The molecule has 1 atom stereocenters. The van der Waals surface area contributed by atoms with Crippen molar-refractivity contribution in [3.05, 3.63) is 106 Å². The van der Waals surface area contributed by atoms with E-state index in [0.29, 0.717) is 50.4 Å². The first-order valence-electron chi connectivity index (χ1n) is 11.5. The molecule has 0 fully saturated rings. The van der Waals surface area contributed by atoms with Crippen LogP contribution in [0.25, 0.3) is 5.69 Å². The van der Waals surface area contributed by atoms with Crippen LogP contribution in [0.1, 0.15) is 40.8 Å². The average molecular weight is 554 g/mol. The van der Waals surface area contributed by atoms with Crippen molar-refractivity contribution in [2.24, 2.45) is 4.99 Å². The maximum Gasteiger partial charge on any atom is 0.269 e. The van der Waals surface area contributed by atoms with E-state index in [2.05, 4.69) is 15.5 Å². The molecular formula is C26H21ClFN5O4S. The summed E-state index contributed by atoms with van der Waals surface area (Å²) in [6.07, 6.45) is -0.0987. The van der Waals surface area contributed by atoms with E-state index < -0.39 is 27.7 Å². The van der Waals surface area contributed by atoms with Crippen molar-refractivity contribution in [2.45, 2.75) is 25.1 Å². The zero-order valence-electron chi connectivity index (χ0n) is 20.0. The van der Waals surface area contributed by atoms with Gasteiger partial charge in [-0.25, -0.2) is 4.39 Å². The Kier molecular flexibility index (Phi) is 6.82. The number of carbonyl (C=O) groups is 1. The standard InChI is InChI=1S/C26H21ClFN5O4S/c1-15-31-32-26-22(13-24(34)29-20-9-7-19(28)8-10-20)30-25(17-3-5-18(27)6-4-17)21-12-16(14-38(35,36)37)2-11-23(21)33(15)26/h2-12,22H,13-14H2,1H3,(H,29,34)(H,35,36,37)/t22-/m0/s1. The summed E-state index contributed by atoms with van der Waals surface area (Å²) in [5.41, 5.74) is 3.16. The molecule has 1 aliphatic heterocycles. The van der Waals surface area contributed by atoms with Crippen LogP contribution in [0, 0.1) is 12.7 Å². The maximum atomic E-state index is 13.3. The monoisotopic (exact) mass is 553 g/mol. The second kappa shape index (κ2) is 10.1. The normalized spacial score (nSPS) is 14.7. The van der Waals surface area contributed by atoms with Gasteiger partial charge in [-0.1, -0.05) is 29.8 Å². The summed E-state index contributed by atoms with van der Waals surface area (Å²) in [5, 5.41) is 11.8. The lowest BCUT2D eigenvalue weighted by Gasteiger charge is -2.14. The van der Waals surface area contributed by atoms with Gasteiger partial charge in [0.15, 0.2) is 5.82 Å². The number of aryl methyl sites for hydroxylation is 1. The number of hydrogen-bond donors (Lipinski definition) is 2. The molecule has 2 N–H and O–H groups in total. The van der Waals surface area contributed by atoms with E-state index >= 15 is 0 Å². The Morgan fingerprint density at radius 1 is 1.08 bits per heavy atom. The summed E-state index contributed by atoms with van der Waals surface area (Å²) >= 11 is 6.11. The number of hydrogen-bond acceptors (Lipinski definition) is 6. The minimum atomic E-state index is -4.28. The Labute approximate surface area is 222 Å². The fourth-order valence-electron chi connectivity index (χ4n) is 4.34. The van der Waals surface area contributed by atoms with Gasteiger partial charge in [-0.05, 0) is 61.0 Å². The Hall–Kier alpha value is -3.93. The van der Waals surface area contributed by atoms with Gasteiger partial charge in [0.1, 0.15) is 23.4 Å². The molecular weight excluding hydrogens is 533 g/mol. The molecule has 12 heteroatoms. The molecule has 0 aliphatic carbocycles. The molecule has 1 amide bonds. The first-order chi connectivity index (χ1) is 18.1. The van der Waals surface area contributed by atoms with Crippen molar-refractivity contribution in [1.82, 2.24) is 14.8 Å². The van der Waals surface area contributed by atoms with Gasteiger partial charge in [-0.2, -0.15) is 8.42 Å². The lowest BCUT2D eigenvalue weighted by atomic mass is 9.98. The predicted molar refractivity (Wildman–Crippen MR) is 141 cm³/mol. The third-order valence-corrected chi connectivity index (χ3v) is 6.91. The van der Waals surface area contributed by atoms with E-state index in [0.717, 1.165) is 0 Å². The van der Waals surface area contributed by atoms with Gasteiger partial charge in [0, 0.05) is 21.8 Å². The molecule has 194 valence electrons. The number of nitrogens with one attached hydrogen (secondary N) is 1. The molecule has 0 spiro atoms. The van der Waals surface area contributed by atoms with E-state index in [1.807, 2.05) is 0 Å². The quantitative estimate of drug-likeness (QED) is 0.334. The van der Waals surface area contributed by atoms with E-state index in [1.165, 1.54) is 24.3 Å². The van der Waals surface area contributed by atoms with Crippen LogP contribution >= 0.6 is 11.6 Å². The molecule has 5 rings (SSSR count). The molecule has 3 aromatic carbocycles. The van der Waals surface area contributed by atoms with E-state index in [9.17, 15) is 22.2 Å². The van der Waals surface area contributed by atoms with Gasteiger partial charge < -0.3 is 5.32 Å². The van der Waals surface area contributed by atoms with Crippen molar-refractivity contribution in [1.29, 1.82) is 0 Å². The topological polar surface area (TPSA) is 127 Å². The summed E-state index contributed by atoms with van der Waals surface area (Å²) < 4.78 is 47.7. The van der Waals surface area contributed by atoms with Gasteiger partial charge in [-0.15, -0.1) is 10.2 Å². The number of rotatable bonds is 6. The number of anilines is 1. The highest BCUT2D eigenvalue weighted by atomic mass is 35.5. The number of halogens is 2. The van der Waals surface area contributed by atoms with Crippen LogP contribution in [-0.2, 0) is 20.7 Å². The summed E-state index contributed by atoms with van der Waals surface area (Å²) in [6, 6.07) is 16.5. The van der Waals surface area contributed by atoms with Crippen LogP contribution in [0.4, 0.5) is 10.1 Å². The first-order valence-corrected chi connectivity index (χ1v) is 13.5. The second-order valence-electron chi connectivity index (χ2n) is 8.78. The average Bonchev–Trinajstić information content (AvgIpc) is 3.18. The van der Waals surface area contributed by atoms with E-state index in [1.54, 1.807) is 54.0 Å². The molecule has 2 heterocycles. The number of amides is 1. The highest BCUT2D eigenvalue weighted by molar-refractivity contribution is 7.85. The highest BCUT2D eigenvalue weighted by Gasteiger charge is 2.30. The zero-order chi connectivity index (χ0) is 27.0. The molecule has 0 radical (unpaired) electrons. The third kappa shape index (κ3) is 5.49. The Morgan fingerprint density at radius 3 is 2.47 bits per heavy atom. The molecule has 0 bridgehead atoms. The predicted octanol–water partition coefficient (Wildman–Crippen LogP) is 4.68. The Balaban J connectivity index is 1.63. The Morgan fingerprint density at radius 2 is 1.79 bits per heavy atom. The van der Waals surface area contributed by atoms with Gasteiger partial charge >= 0.3 is 0 Å². The van der Waals surface area contributed by atoms with Crippen LogP contribution in [0.15, 0.2) is 71.7 Å². The van der Waals surface area contributed by atoms with Crippen molar-refractivity contribution in [3.63, 3.8) is 0 Å². The van der Waals surface area contributed by atoms with Gasteiger partial charge in [0.2, 0.25) is 5.91 Å². The first kappa shape index (κ1) is 25.7. The smallest absolute Gasteiger partial charge is 0.269 e. The van der Waals surface area contributed by atoms with Crippen LogP contribution in [-0.4, -0.2) is 39.4 Å². The van der Waals surface area contributed by atoms with Crippen molar-refractivity contribution < 1.29 is 22.2 Å². The molecule has 38 heavy (non-hydrogen) atoms. The number of carbonyl (C=O) groups excluding carboxylic acids is 1. The SMILES string of the molecule is Cc1nnc2n1-c1ccc(CS(=O)(=O)O)cc1C(c1ccc(Cl)cc1)=N[C@H]2CC(=O)Nc1ccc(F)cc1. The minimum absolute atomic E-state index is 0.0987. The van der Waals surface area contributed by atoms with Gasteiger partial charge in [-0.3, -0.25) is 18.9 Å². The minimum Gasteiger partial charge on any atom is -0.326 e. The highest BCUT2D eigenvalue weighted by Crippen LogP contribution is 2.33. The van der Waals surface area contributed by atoms with Crippen LogP contribution in [0.5, 0.6) is 0 Å². The van der Waals surface area contributed by atoms with Crippen molar-refractivity contribution in [2.75, 3.05) is 5.32 Å². The lowest BCUT2D eigenvalue weighted by molar-refractivity contribution is -0.116. The number of benzene rings is 3. The second-order valence-corrected chi connectivity index (χ2v) is 10.7. The molecule has 9 nitrogen and oxygen atoms in total. The van der Waals surface area contributed by atoms with Crippen LogP contribution in [0.2, 0.25) is 5.02 Å². The maximum absolute atomic E-state index is 13.3. The van der Waals surface area contributed by atoms with Crippen molar-refractivity contribution in [3.8, 4) is 5.69 Å². The van der Waals surface area contributed by atoms with Crippen molar-refractivity contribution >= 4 is 39.0 Å². The Bertz CT molecular complexity index is 1670. The summed E-state index contributed by atoms with van der Waals surface area (Å²) in [4.78, 5) is 17.9. The molecule has 4 aromatic rings. The molecule has 0 saturated heterocycles. The molecule has 1 aliphatic rings. The summed E-state index contributed by atoms with van der Waals surface area (Å²) in [7, 11) is -4.28. The van der Waals surface area contributed by atoms with E-state index in [-0.39, 0.29) is 12.3 Å². The third-order valence-electron chi connectivity index (χ3n) is 5.96. The zero-order valence-corrected chi connectivity index (χ0v) is 21.5. The number of fused-ring (bicyclic) bond motifs is 3. The molecule has 0 unspecified atom stereocenters. The summed E-state index contributed by atoms with van der Waals surface area (Å²) in [6.45, 7) is 1.76.